The molecule has 1 heterocycles. The number of hydrogen-bond donors (Lipinski definition) is 0. The van der Waals surface area contributed by atoms with E-state index in [1.54, 1.807) is 26.8 Å². The maximum absolute atomic E-state index is 14.1. The van der Waals surface area contributed by atoms with E-state index in [1.165, 1.54) is 11.0 Å². The van der Waals surface area contributed by atoms with E-state index in [2.05, 4.69) is 0 Å². The highest BCUT2D eigenvalue weighted by atomic mass is 19.3. The highest BCUT2D eigenvalue weighted by Crippen LogP contribution is 2.35. The predicted octanol–water partition coefficient (Wildman–Crippen LogP) is 4.59. The van der Waals surface area contributed by atoms with Crippen LogP contribution in [0.3, 0.4) is 0 Å². The molecule has 1 amide bonds. The number of rotatable bonds is 2. The van der Waals surface area contributed by atoms with Gasteiger partial charge < -0.3 is 9.64 Å². The number of nitrogens with zero attached hydrogens (tertiary/aromatic N) is 1. The second-order valence-corrected chi connectivity index (χ2v) is 6.81. The van der Waals surface area contributed by atoms with E-state index in [-0.39, 0.29) is 19.5 Å². The molecule has 0 spiro atoms. The molecule has 126 valence electrons. The molecule has 23 heavy (non-hydrogen) atoms. The average Bonchev–Trinajstić information content (AvgIpc) is 2.45. The summed E-state index contributed by atoms with van der Waals surface area (Å²) in [6.07, 6.45) is 2.28. The SMILES string of the molecule is CC(C)(C)OC(=O)N1CCC(F)(F)C(/C=C/c2ccccc2)C1. The number of alkyl halides is 2. The number of hydrogen-bond acceptors (Lipinski definition) is 2. The number of carbonyl (C=O) groups excluding carboxylic acids is 1. The lowest BCUT2D eigenvalue weighted by Crippen LogP contribution is -2.49. The van der Waals surface area contributed by atoms with Crippen LogP contribution in [-0.4, -0.2) is 35.6 Å². The van der Waals surface area contributed by atoms with Crippen molar-refractivity contribution in [1.29, 1.82) is 0 Å². The third kappa shape index (κ3) is 5.05. The van der Waals surface area contributed by atoms with Crippen molar-refractivity contribution in [3.05, 3.63) is 42.0 Å². The Morgan fingerprint density at radius 1 is 1.30 bits per heavy atom. The molecular weight excluding hydrogens is 300 g/mol. The van der Waals surface area contributed by atoms with Gasteiger partial charge in [0.25, 0.3) is 5.92 Å². The van der Waals surface area contributed by atoms with Crippen LogP contribution in [0, 0.1) is 5.92 Å². The van der Waals surface area contributed by atoms with Crippen LogP contribution in [0.2, 0.25) is 0 Å². The van der Waals surface area contributed by atoms with Crippen molar-refractivity contribution in [3.8, 4) is 0 Å². The van der Waals surface area contributed by atoms with Crippen molar-refractivity contribution >= 4 is 12.2 Å². The van der Waals surface area contributed by atoms with Crippen molar-refractivity contribution < 1.29 is 18.3 Å². The van der Waals surface area contributed by atoms with Gasteiger partial charge in [-0.15, -0.1) is 0 Å². The van der Waals surface area contributed by atoms with Gasteiger partial charge in [-0.05, 0) is 26.3 Å². The number of benzene rings is 1. The second-order valence-electron chi connectivity index (χ2n) is 6.81. The first-order valence-corrected chi connectivity index (χ1v) is 7.76. The van der Waals surface area contributed by atoms with Crippen LogP contribution in [0.1, 0.15) is 32.8 Å². The molecule has 0 N–H and O–H groups in total. The maximum atomic E-state index is 14.1. The van der Waals surface area contributed by atoms with Gasteiger partial charge >= 0.3 is 6.09 Å². The molecule has 3 nitrogen and oxygen atoms in total. The van der Waals surface area contributed by atoms with Crippen LogP contribution >= 0.6 is 0 Å². The minimum Gasteiger partial charge on any atom is -0.444 e. The summed E-state index contributed by atoms with van der Waals surface area (Å²) in [4.78, 5) is 13.4. The molecule has 0 aliphatic carbocycles. The highest BCUT2D eigenvalue weighted by Gasteiger charge is 2.44. The van der Waals surface area contributed by atoms with Gasteiger partial charge in [0.2, 0.25) is 0 Å². The van der Waals surface area contributed by atoms with E-state index in [9.17, 15) is 13.6 Å². The second kappa shape index (κ2) is 6.69. The van der Waals surface area contributed by atoms with Crippen LogP contribution in [-0.2, 0) is 4.74 Å². The lowest BCUT2D eigenvalue weighted by molar-refractivity contribution is -0.0883. The minimum absolute atomic E-state index is 0.0115. The molecule has 1 aliphatic heterocycles. The summed E-state index contributed by atoms with van der Waals surface area (Å²) in [6, 6.07) is 9.28. The maximum Gasteiger partial charge on any atom is 0.410 e. The first-order chi connectivity index (χ1) is 10.7. The molecule has 1 aromatic carbocycles. The lowest BCUT2D eigenvalue weighted by atomic mass is 9.92. The number of halogens is 2. The summed E-state index contributed by atoms with van der Waals surface area (Å²) in [7, 11) is 0. The summed E-state index contributed by atoms with van der Waals surface area (Å²) in [5, 5.41) is 0. The van der Waals surface area contributed by atoms with Crippen molar-refractivity contribution in [2.24, 2.45) is 5.92 Å². The average molecular weight is 323 g/mol. The van der Waals surface area contributed by atoms with Gasteiger partial charge in [0.1, 0.15) is 5.60 Å². The van der Waals surface area contributed by atoms with E-state index in [4.69, 9.17) is 4.74 Å². The summed E-state index contributed by atoms with van der Waals surface area (Å²) >= 11 is 0. The molecule has 1 unspecified atom stereocenters. The van der Waals surface area contributed by atoms with E-state index in [0.717, 1.165) is 5.56 Å². The largest absolute Gasteiger partial charge is 0.444 e. The fourth-order valence-corrected chi connectivity index (χ4v) is 2.42. The standard InChI is InChI=1S/C18H23F2NO2/c1-17(2,3)23-16(22)21-12-11-18(19,20)15(13-21)10-9-14-7-5-4-6-8-14/h4-10,15H,11-13H2,1-3H3/b10-9+. The van der Waals surface area contributed by atoms with Crippen LogP contribution in [0.5, 0.6) is 0 Å². The Morgan fingerprint density at radius 2 is 1.96 bits per heavy atom. The number of likely N-dealkylation sites (tertiary alicyclic amines) is 1. The molecule has 2 rings (SSSR count). The zero-order valence-electron chi connectivity index (χ0n) is 13.8. The van der Waals surface area contributed by atoms with E-state index in [1.807, 2.05) is 30.3 Å². The van der Waals surface area contributed by atoms with Gasteiger partial charge in [0.05, 0.1) is 5.92 Å². The molecule has 1 fully saturated rings. The summed E-state index contributed by atoms with van der Waals surface area (Å²) in [5.74, 6) is -3.83. The Bertz CT molecular complexity index is 564. The summed E-state index contributed by atoms with van der Waals surface area (Å²) in [5.41, 5.74) is 0.226. The van der Waals surface area contributed by atoms with Crippen LogP contribution in [0.4, 0.5) is 13.6 Å². The van der Waals surface area contributed by atoms with E-state index in [0.29, 0.717) is 0 Å². The summed E-state index contributed by atoms with van der Waals surface area (Å²) in [6.45, 7) is 5.26. The van der Waals surface area contributed by atoms with Gasteiger partial charge in [0.15, 0.2) is 0 Å². The lowest BCUT2D eigenvalue weighted by Gasteiger charge is -2.37. The van der Waals surface area contributed by atoms with Gasteiger partial charge in [-0.25, -0.2) is 13.6 Å². The molecule has 0 saturated carbocycles. The molecule has 0 bridgehead atoms. The third-order valence-corrected chi connectivity index (χ3v) is 3.65. The predicted molar refractivity (Wildman–Crippen MR) is 86.3 cm³/mol. The number of ether oxygens (including phenoxy) is 1. The van der Waals surface area contributed by atoms with Crippen LogP contribution in [0.15, 0.2) is 36.4 Å². The normalized spacial score (nSPS) is 21.4. The molecule has 0 radical (unpaired) electrons. The molecule has 5 heteroatoms. The number of amides is 1. The van der Waals surface area contributed by atoms with Gasteiger partial charge in [-0.2, -0.15) is 0 Å². The fraction of sp³-hybridized carbons (Fsp3) is 0.500. The van der Waals surface area contributed by atoms with Gasteiger partial charge in [-0.3, -0.25) is 0 Å². The first kappa shape index (κ1) is 17.4. The van der Waals surface area contributed by atoms with Crippen molar-refractivity contribution in [2.45, 2.75) is 38.7 Å². The Kier molecular flexibility index (Phi) is 5.07. The Hall–Kier alpha value is -1.91. The highest BCUT2D eigenvalue weighted by molar-refractivity contribution is 5.68. The number of carbonyl (C=O) groups is 1. The molecule has 0 aromatic heterocycles. The third-order valence-electron chi connectivity index (χ3n) is 3.65. The molecule has 1 aliphatic rings. The minimum atomic E-state index is -2.82. The van der Waals surface area contributed by atoms with Crippen molar-refractivity contribution in [2.75, 3.05) is 13.1 Å². The molecular formula is C18H23F2NO2. The molecule has 1 atom stereocenters. The molecule has 1 aromatic rings. The van der Waals surface area contributed by atoms with E-state index >= 15 is 0 Å². The topological polar surface area (TPSA) is 29.5 Å². The zero-order valence-corrected chi connectivity index (χ0v) is 13.8. The monoisotopic (exact) mass is 323 g/mol. The van der Waals surface area contributed by atoms with Crippen LogP contribution in [0.25, 0.3) is 6.08 Å². The first-order valence-electron chi connectivity index (χ1n) is 7.76. The van der Waals surface area contributed by atoms with Crippen molar-refractivity contribution in [1.82, 2.24) is 4.90 Å². The quantitative estimate of drug-likeness (QED) is 0.796. The summed E-state index contributed by atoms with van der Waals surface area (Å²) < 4.78 is 33.5. The Balaban J connectivity index is 2.07. The smallest absolute Gasteiger partial charge is 0.410 e. The molecule has 1 saturated heterocycles. The van der Waals surface area contributed by atoms with E-state index < -0.39 is 23.5 Å². The van der Waals surface area contributed by atoms with Gasteiger partial charge in [0, 0.05) is 19.5 Å². The Labute approximate surface area is 135 Å². The number of piperidine rings is 1. The van der Waals surface area contributed by atoms with Crippen LogP contribution < -0.4 is 0 Å². The zero-order chi connectivity index (χ0) is 17.1. The fourth-order valence-electron chi connectivity index (χ4n) is 2.42. The van der Waals surface area contributed by atoms with Crippen molar-refractivity contribution in [3.63, 3.8) is 0 Å². The Morgan fingerprint density at radius 3 is 2.57 bits per heavy atom. The van der Waals surface area contributed by atoms with Gasteiger partial charge in [-0.1, -0.05) is 42.5 Å².